The van der Waals surface area contributed by atoms with E-state index in [9.17, 15) is 4.39 Å². The Morgan fingerprint density at radius 1 is 1.64 bits per heavy atom. The summed E-state index contributed by atoms with van der Waals surface area (Å²) in [6, 6.07) is 1.42. The van der Waals surface area contributed by atoms with E-state index >= 15 is 0 Å². The van der Waals surface area contributed by atoms with Crippen molar-refractivity contribution in [1.82, 2.24) is 0 Å². The quantitative estimate of drug-likeness (QED) is 0.375. The van der Waals surface area contributed by atoms with Crippen LogP contribution in [0.15, 0.2) is 10.5 Å². The van der Waals surface area contributed by atoms with E-state index in [0.29, 0.717) is 15.1 Å². The van der Waals surface area contributed by atoms with Crippen LogP contribution in [0.4, 0.5) is 4.39 Å². The van der Waals surface area contributed by atoms with Gasteiger partial charge in [-0.15, -0.1) is 0 Å². The SMILES string of the molecule is Cc1c(F)cc(Br)c(I)c1Cl. The Kier molecular flexibility index (Phi) is 3.17. The number of halogens is 4. The summed E-state index contributed by atoms with van der Waals surface area (Å²) < 4.78 is 14.5. The molecule has 1 aromatic carbocycles. The van der Waals surface area contributed by atoms with Crippen LogP contribution in [0, 0.1) is 16.3 Å². The highest BCUT2D eigenvalue weighted by molar-refractivity contribution is 14.1. The highest BCUT2D eigenvalue weighted by atomic mass is 127. The van der Waals surface area contributed by atoms with Gasteiger partial charge in [-0.25, -0.2) is 4.39 Å². The van der Waals surface area contributed by atoms with Gasteiger partial charge in [-0.05, 0) is 51.5 Å². The summed E-state index contributed by atoms with van der Waals surface area (Å²) in [6.07, 6.45) is 0. The first-order valence-corrected chi connectivity index (χ1v) is 5.08. The number of rotatable bonds is 0. The third-order valence-electron chi connectivity index (χ3n) is 1.34. The Bertz CT molecular complexity index is 275. The number of hydrogen-bond donors (Lipinski definition) is 0. The molecule has 0 atom stereocenters. The predicted octanol–water partition coefficient (Wildman–Crippen LogP) is 4.15. The first-order chi connectivity index (χ1) is 5.04. The lowest BCUT2D eigenvalue weighted by atomic mass is 10.2. The maximum Gasteiger partial charge on any atom is 0.128 e. The fraction of sp³-hybridized carbons (Fsp3) is 0.143. The molecule has 0 aliphatic heterocycles. The van der Waals surface area contributed by atoms with Crippen molar-refractivity contribution in [3.05, 3.63) is 30.5 Å². The molecule has 0 nitrogen and oxygen atoms in total. The lowest BCUT2D eigenvalue weighted by molar-refractivity contribution is 0.617. The third kappa shape index (κ3) is 1.87. The van der Waals surface area contributed by atoms with Gasteiger partial charge in [0, 0.05) is 13.6 Å². The van der Waals surface area contributed by atoms with Crippen LogP contribution in [0.25, 0.3) is 0 Å². The second-order valence-corrected chi connectivity index (χ2v) is 4.40. The van der Waals surface area contributed by atoms with E-state index in [1.807, 2.05) is 0 Å². The fourth-order valence-electron chi connectivity index (χ4n) is 0.657. The van der Waals surface area contributed by atoms with Crippen molar-refractivity contribution in [2.75, 3.05) is 0 Å². The largest absolute Gasteiger partial charge is 0.207 e. The van der Waals surface area contributed by atoms with E-state index in [0.717, 1.165) is 3.57 Å². The standard InChI is InChI=1S/C7H4BrClFI/c1-3-5(10)2-4(8)7(11)6(3)9/h2H,1H3. The smallest absolute Gasteiger partial charge is 0.128 e. The van der Waals surface area contributed by atoms with Crippen molar-refractivity contribution < 1.29 is 4.39 Å². The van der Waals surface area contributed by atoms with Gasteiger partial charge in [-0.1, -0.05) is 11.6 Å². The van der Waals surface area contributed by atoms with Crippen LogP contribution in [-0.2, 0) is 0 Å². The van der Waals surface area contributed by atoms with E-state index in [1.165, 1.54) is 6.07 Å². The van der Waals surface area contributed by atoms with Crippen LogP contribution in [0.3, 0.4) is 0 Å². The zero-order valence-corrected chi connectivity index (χ0v) is 10.1. The van der Waals surface area contributed by atoms with Gasteiger partial charge >= 0.3 is 0 Å². The summed E-state index contributed by atoms with van der Waals surface area (Å²) in [6.45, 7) is 1.66. The topological polar surface area (TPSA) is 0 Å². The molecule has 0 heterocycles. The first-order valence-electron chi connectivity index (χ1n) is 2.83. The number of hydrogen-bond acceptors (Lipinski definition) is 0. The summed E-state index contributed by atoms with van der Waals surface area (Å²) >= 11 is 11.1. The van der Waals surface area contributed by atoms with E-state index in [4.69, 9.17) is 11.6 Å². The van der Waals surface area contributed by atoms with Gasteiger partial charge in [-0.3, -0.25) is 0 Å². The molecule has 0 radical (unpaired) electrons. The Hall–Kier alpha value is 0.650. The Morgan fingerprint density at radius 2 is 2.18 bits per heavy atom. The minimum atomic E-state index is -0.276. The average molecular weight is 349 g/mol. The second-order valence-electron chi connectivity index (χ2n) is 2.09. The molecule has 1 aromatic rings. The van der Waals surface area contributed by atoms with Gasteiger partial charge in [0.15, 0.2) is 0 Å². The van der Waals surface area contributed by atoms with Crippen LogP contribution < -0.4 is 0 Å². The second kappa shape index (κ2) is 3.58. The van der Waals surface area contributed by atoms with Crippen LogP contribution >= 0.6 is 50.1 Å². The summed E-state index contributed by atoms with van der Waals surface area (Å²) in [5.74, 6) is -0.276. The molecule has 1 rings (SSSR count). The summed E-state index contributed by atoms with van der Waals surface area (Å²) in [7, 11) is 0. The normalized spacial score (nSPS) is 10.3. The molecular formula is C7H4BrClFI. The minimum absolute atomic E-state index is 0.276. The van der Waals surface area contributed by atoms with Gasteiger partial charge in [0.1, 0.15) is 5.82 Å². The molecule has 0 unspecified atom stereocenters. The van der Waals surface area contributed by atoms with Crippen LogP contribution in [-0.4, -0.2) is 0 Å². The predicted molar refractivity (Wildman–Crippen MR) is 56.6 cm³/mol. The maximum atomic E-state index is 12.9. The summed E-state index contributed by atoms with van der Waals surface area (Å²) in [5, 5.41) is 0.484. The molecule has 4 heteroatoms. The Labute approximate surface area is 91.4 Å². The molecule has 11 heavy (non-hydrogen) atoms. The minimum Gasteiger partial charge on any atom is -0.207 e. The van der Waals surface area contributed by atoms with Gasteiger partial charge in [0.25, 0.3) is 0 Å². The molecule has 60 valence electrons. The molecule has 0 aromatic heterocycles. The highest BCUT2D eigenvalue weighted by Gasteiger charge is 2.09. The zero-order chi connectivity index (χ0) is 8.59. The summed E-state index contributed by atoms with van der Waals surface area (Å²) in [5.41, 5.74) is 0.499. The number of benzene rings is 1. The third-order valence-corrected chi connectivity index (χ3v) is 4.62. The molecule has 0 aliphatic carbocycles. The van der Waals surface area contributed by atoms with E-state index in [2.05, 4.69) is 38.5 Å². The van der Waals surface area contributed by atoms with Crippen molar-refractivity contribution >= 4 is 50.1 Å². The van der Waals surface area contributed by atoms with Crippen molar-refractivity contribution in [3.8, 4) is 0 Å². The molecule has 0 bridgehead atoms. The molecule has 0 N–H and O–H groups in total. The zero-order valence-electron chi connectivity index (χ0n) is 5.59. The van der Waals surface area contributed by atoms with Crippen LogP contribution in [0.1, 0.15) is 5.56 Å². The average Bonchev–Trinajstić information content (AvgIpc) is 1.97. The fourth-order valence-corrected chi connectivity index (χ4v) is 1.92. The van der Waals surface area contributed by atoms with Crippen molar-refractivity contribution in [2.45, 2.75) is 6.92 Å². The van der Waals surface area contributed by atoms with Crippen molar-refractivity contribution in [1.29, 1.82) is 0 Å². The van der Waals surface area contributed by atoms with Gasteiger partial charge in [0.2, 0.25) is 0 Å². The maximum absolute atomic E-state index is 12.9. The van der Waals surface area contributed by atoms with E-state index < -0.39 is 0 Å². The van der Waals surface area contributed by atoms with Gasteiger partial charge < -0.3 is 0 Å². The van der Waals surface area contributed by atoms with E-state index in [1.54, 1.807) is 6.92 Å². The first kappa shape index (κ1) is 9.74. The van der Waals surface area contributed by atoms with Gasteiger partial charge in [0.05, 0.1) is 5.02 Å². The van der Waals surface area contributed by atoms with Gasteiger partial charge in [-0.2, -0.15) is 0 Å². The molecule has 0 amide bonds. The lowest BCUT2D eigenvalue weighted by Gasteiger charge is -2.03. The molecule has 0 saturated carbocycles. The molecular weight excluding hydrogens is 345 g/mol. The molecule has 0 fully saturated rings. The molecule has 0 aliphatic rings. The Morgan fingerprint density at radius 3 is 2.73 bits per heavy atom. The van der Waals surface area contributed by atoms with E-state index in [-0.39, 0.29) is 5.82 Å². The summed E-state index contributed by atoms with van der Waals surface area (Å²) in [4.78, 5) is 0. The molecule has 0 spiro atoms. The van der Waals surface area contributed by atoms with Crippen molar-refractivity contribution in [3.63, 3.8) is 0 Å². The van der Waals surface area contributed by atoms with Crippen LogP contribution in [0.2, 0.25) is 5.02 Å². The lowest BCUT2D eigenvalue weighted by Crippen LogP contribution is -1.88. The molecule has 0 saturated heterocycles. The Balaban J connectivity index is 3.46. The monoisotopic (exact) mass is 348 g/mol. The highest BCUT2D eigenvalue weighted by Crippen LogP contribution is 2.31. The van der Waals surface area contributed by atoms with Crippen molar-refractivity contribution in [2.24, 2.45) is 0 Å². The van der Waals surface area contributed by atoms with Crippen LogP contribution in [0.5, 0.6) is 0 Å².